The quantitative estimate of drug-likeness (QED) is 0.668. The van der Waals surface area contributed by atoms with E-state index in [-0.39, 0.29) is 5.84 Å². The van der Waals surface area contributed by atoms with E-state index in [2.05, 4.69) is 31.0 Å². The molecule has 0 atom stereocenters. The Hall–Kier alpha value is -1.52. The number of nitrogen functional groups attached to an aromatic ring is 1. The van der Waals surface area contributed by atoms with E-state index in [0.29, 0.717) is 15.6 Å². The van der Waals surface area contributed by atoms with E-state index < -0.39 is 0 Å². The minimum Gasteiger partial charge on any atom is -0.384 e. The third-order valence-corrected chi connectivity index (χ3v) is 4.36. The van der Waals surface area contributed by atoms with Crippen LogP contribution in [0.25, 0.3) is 0 Å². The van der Waals surface area contributed by atoms with Crippen molar-refractivity contribution in [3.05, 3.63) is 52.2 Å². The molecule has 0 saturated carbocycles. The molecule has 0 spiro atoms. The maximum Gasteiger partial charge on any atom is 0.124 e. The summed E-state index contributed by atoms with van der Waals surface area (Å²) in [5.74, 6) is -0.0464. The largest absolute Gasteiger partial charge is 0.384 e. The summed E-state index contributed by atoms with van der Waals surface area (Å²) in [5.41, 5.74) is 8.40. The Kier molecular flexibility index (Phi) is 4.12. The first-order chi connectivity index (χ1) is 8.99. The Morgan fingerprint density at radius 1 is 1.32 bits per heavy atom. The summed E-state index contributed by atoms with van der Waals surface area (Å²) < 4.78 is 0. The average molecular weight is 292 g/mol. The number of halogens is 1. The molecule has 3 nitrogen and oxygen atoms in total. The van der Waals surface area contributed by atoms with E-state index >= 15 is 0 Å². The third-order valence-electron chi connectivity index (χ3n) is 2.68. The number of amidine groups is 1. The summed E-state index contributed by atoms with van der Waals surface area (Å²) in [6, 6.07) is 7.87. The van der Waals surface area contributed by atoms with Gasteiger partial charge < -0.3 is 5.73 Å². The molecular formula is C14H14ClN3S. The van der Waals surface area contributed by atoms with Crippen molar-refractivity contribution in [2.75, 3.05) is 0 Å². The lowest BCUT2D eigenvalue weighted by atomic mass is 10.2. The highest BCUT2D eigenvalue weighted by atomic mass is 35.5. The van der Waals surface area contributed by atoms with Crippen molar-refractivity contribution in [2.45, 2.75) is 23.8 Å². The fourth-order valence-electron chi connectivity index (χ4n) is 1.72. The molecule has 1 aromatic carbocycles. The maximum atomic E-state index is 7.48. The minimum atomic E-state index is -0.0464. The Morgan fingerprint density at radius 2 is 2.05 bits per heavy atom. The standard InChI is InChI=1S/C14H14ClN3S/c1-8-3-4-11(9(2)7-8)19-14-12(15)10(13(16)17)5-6-18-14/h3-7H,1-2H3,(H3,16,17). The van der Waals surface area contributed by atoms with Gasteiger partial charge in [0.2, 0.25) is 0 Å². The van der Waals surface area contributed by atoms with Gasteiger partial charge in [0.1, 0.15) is 10.9 Å². The van der Waals surface area contributed by atoms with Gasteiger partial charge in [-0.3, -0.25) is 5.41 Å². The number of pyridine rings is 1. The monoisotopic (exact) mass is 291 g/mol. The molecule has 0 fully saturated rings. The summed E-state index contributed by atoms with van der Waals surface area (Å²) in [7, 11) is 0. The zero-order chi connectivity index (χ0) is 14.0. The van der Waals surface area contributed by atoms with E-state index in [0.717, 1.165) is 4.90 Å². The predicted octanol–water partition coefficient (Wildman–Crippen LogP) is 3.79. The van der Waals surface area contributed by atoms with Crippen LogP contribution in [-0.2, 0) is 0 Å². The van der Waals surface area contributed by atoms with Crippen LogP contribution in [0.2, 0.25) is 5.02 Å². The van der Waals surface area contributed by atoms with Crippen LogP contribution in [0.15, 0.2) is 40.4 Å². The molecule has 98 valence electrons. The Morgan fingerprint density at radius 3 is 2.68 bits per heavy atom. The first-order valence-corrected chi connectivity index (χ1v) is 6.92. The Bertz CT molecular complexity index is 641. The summed E-state index contributed by atoms with van der Waals surface area (Å²) in [6.45, 7) is 4.11. The number of aromatic nitrogens is 1. The third kappa shape index (κ3) is 3.08. The van der Waals surface area contributed by atoms with Gasteiger partial charge in [0, 0.05) is 16.7 Å². The highest BCUT2D eigenvalue weighted by Gasteiger charge is 2.12. The van der Waals surface area contributed by atoms with Gasteiger partial charge in [0.05, 0.1) is 5.02 Å². The van der Waals surface area contributed by atoms with Gasteiger partial charge in [-0.2, -0.15) is 0 Å². The summed E-state index contributed by atoms with van der Waals surface area (Å²) >= 11 is 7.72. The lowest BCUT2D eigenvalue weighted by Gasteiger charge is -2.09. The van der Waals surface area contributed by atoms with E-state index in [9.17, 15) is 0 Å². The molecule has 0 amide bonds. The number of nitrogens with zero attached hydrogens (tertiary/aromatic N) is 1. The first kappa shape index (κ1) is 13.9. The zero-order valence-electron chi connectivity index (χ0n) is 10.7. The molecule has 19 heavy (non-hydrogen) atoms. The van der Waals surface area contributed by atoms with Crippen LogP contribution in [0.1, 0.15) is 16.7 Å². The van der Waals surface area contributed by atoms with Crippen LogP contribution >= 0.6 is 23.4 Å². The van der Waals surface area contributed by atoms with Gasteiger partial charge in [-0.15, -0.1) is 0 Å². The zero-order valence-corrected chi connectivity index (χ0v) is 12.3. The van der Waals surface area contributed by atoms with Crippen LogP contribution < -0.4 is 5.73 Å². The SMILES string of the molecule is Cc1ccc(Sc2nccc(C(=N)N)c2Cl)c(C)c1. The normalized spacial score (nSPS) is 10.5. The van der Waals surface area contributed by atoms with E-state index in [1.54, 1.807) is 12.3 Å². The van der Waals surface area contributed by atoms with Gasteiger partial charge in [0.15, 0.2) is 0 Å². The van der Waals surface area contributed by atoms with Gasteiger partial charge in [-0.25, -0.2) is 4.98 Å². The average Bonchev–Trinajstić information content (AvgIpc) is 2.34. The number of rotatable bonds is 3. The molecule has 2 aromatic rings. The molecule has 0 radical (unpaired) electrons. The molecule has 1 aromatic heterocycles. The molecule has 0 unspecified atom stereocenters. The van der Waals surface area contributed by atoms with Crippen molar-refractivity contribution >= 4 is 29.2 Å². The second kappa shape index (κ2) is 5.63. The summed E-state index contributed by atoms with van der Waals surface area (Å²) in [5, 5.41) is 8.58. The number of hydrogen-bond acceptors (Lipinski definition) is 3. The highest BCUT2D eigenvalue weighted by molar-refractivity contribution is 7.99. The van der Waals surface area contributed by atoms with Crippen molar-refractivity contribution in [3.8, 4) is 0 Å². The van der Waals surface area contributed by atoms with Crippen molar-refractivity contribution < 1.29 is 0 Å². The van der Waals surface area contributed by atoms with Crippen molar-refractivity contribution in [3.63, 3.8) is 0 Å². The number of aryl methyl sites for hydroxylation is 2. The van der Waals surface area contributed by atoms with E-state index in [4.69, 9.17) is 22.7 Å². The molecule has 3 N–H and O–H groups in total. The lowest BCUT2D eigenvalue weighted by Crippen LogP contribution is -2.12. The smallest absolute Gasteiger partial charge is 0.124 e. The molecule has 1 heterocycles. The Balaban J connectivity index is 2.38. The van der Waals surface area contributed by atoms with Crippen LogP contribution in [0.5, 0.6) is 0 Å². The topological polar surface area (TPSA) is 62.8 Å². The number of nitrogens with one attached hydrogen (secondary N) is 1. The minimum absolute atomic E-state index is 0.0464. The van der Waals surface area contributed by atoms with E-state index in [1.165, 1.54) is 22.9 Å². The molecule has 0 aliphatic carbocycles. The number of hydrogen-bond donors (Lipinski definition) is 2. The fraction of sp³-hybridized carbons (Fsp3) is 0.143. The molecular weight excluding hydrogens is 278 g/mol. The molecule has 2 rings (SSSR count). The van der Waals surface area contributed by atoms with Gasteiger partial charge >= 0.3 is 0 Å². The molecule has 0 bridgehead atoms. The fourth-order valence-corrected chi connectivity index (χ4v) is 2.93. The molecule has 5 heteroatoms. The number of benzene rings is 1. The summed E-state index contributed by atoms with van der Waals surface area (Å²) in [6.07, 6.45) is 1.62. The highest BCUT2D eigenvalue weighted by Crippen LogP contribution is 2.35. The van der Waals surface area contributed by atoms with Crippen molar-refractivity contribution in [1.29, 1.82) is 5.41 Å². The van der Waals surface area contributed by atoms with Gasteiger partial charge in [0.25, 0.3) is 0 Å². The van der Waals surface area contributed by atoms with Gasteiger partial charge in [-0.05, 0) is 31.5 Å². The van der Waals surface area contributed by atoms with Crippen molar-refractivity contribution in [2.24, 2.45) is 5.73 Å². The molecule has 0 saturated heterocycles. The number of nitrogens with two attached hydrogens (primary N) is 1. The Labute approximate surface area is 121 Å². The van der Waals surface area contributed by atoms with Crippen LogP contribution in [0.4, 0.5) is 0 Å². The lowest BCUT2D eigenvalue weighted by molar-refractivity contribution is 1.12. The van der Waals surface area contributed by atoms with Crippen LogP contribution in [-0.4, -0.2) is 10.8 Å². The first-order valence-electron chi connectivity index (χ1n) is 5.73. The predicted molar refractivity (Wildman–Crippen MR) is 80.3 cm³/mol. The summed E-state index contributed by atoms with van der Waals surface area (Å²) in [4.78, 5) is 5.36. The van der Waals surface area contributed by atoms with Crippen LogP contribution in [0.3, 0.4) is 0 Å². The van der Waals surface area contributed by atoms with Gasteiger partial charge in [-0.1, -0.05) is 41.1 Å². The second-order valence-electron chi connectivity index (χ2n) is 4.26. The molecule has 0 aliphatic rings. The second-order valence-corrected chi connectivity index (χ2v) is 5.67. The van der Waals surface area contributed by atoms with Crippen molar-refractivity contribution in [1.82, 2.24) is 4.98 Å². The maximum absolute atomic E-state index is 7.48. The van der Waals surface area contributed by atoms with Crippen LogP contribution in [0, 0.1) is 19.3 Å². The van der Waals surface area contributed by atoms with E-state index in [1.807, 2.05) is 6.07 Å². The molecule has 0 aliphatic heterocycles.